The number of aliphatic carboxylic acids is 1. The van der Waals surface area contributed by atoms with Crippen LogP contribution in [-0.2, 0) is 11.0 Å². The van der Waals surface area contributed by atoms with E-state index in [1.165, 1.54) is 24.3 Å². The molecule has 1 N–H and O–H groups in total. The number of anilines is 1. The number of hydrogen-bond acceptors (Lipinski definition) is 4. The van der Waals surface area contributed by atoms with Crippen molar-refractivity contribution in [3.05, 3.63) is 58.4 Å². The third-order valence-electron chi connectivity index (χ3n) is 6.17. The Morgan fingerprint density at radius 1 is 1.21 bits per heavy atom. The van der Waals surface area contributed by atoms with Crippen molar-refractivity contribution in [1.29, 1.82) is 0 Å². The minimum Gasteiger partial charge on any atom is -0.481 e. The highest BCUT2D eigenvalue weighted by molar-refractivity contribution is 6.34. The summed E-state index contributed by atoms with van der Waals surface area (Å²) < 4.78 is 56.6. The standard InChI is InChI=1S/C23H20ClF4N3O3/c1-2-13-11-12(22(33)34)9-10-30(13)20-19-16(25)7-4-8-17(19)31(29-20)21(32)18-14(23(26,27)28)5-3-6-15(18)24/h3-8,12-13H,2,9-11H2,1H3,(H,33,34). The van der Waals surface area contributed by atoms with Gasteiger partial charge in [-0.15, -0.1) is 5.10 Å². The maximum Gasteiger partial charge on any atom is 0.417 e. The number of carbonyl (C=O) groups excluding carboxylic acids is 1. The number of fused-ring (bicyclic) bond motifs is 1. The van der Waals surface area contributed by atoms with Crippen molar-refractivity contribution < 1.29 is 32.3 Å². The summed E-state index contributed by atoms with van der Waals surface area (Å²) in [6.07, 6.45) is -3.74. The highest BCUT2D eigenvalue weighted by atomic mass is 35.5. The number of nitrogens with zero attached hydrogens (tertiary/aromatic N) is 3. The number of hydrogen-bond donors (Lipinski definition) is 1. The van der Waals surface area contributed by atoms with Crippen LogP contribution in [0.3, 0.4) is 0 Å². The third kappa shape index (κ3) is 4.11. The second-order valence-electron chi connectivity index (χ2n) is 8.15. The van der Waals surface area contributed by atoms with Gasteiger partial charge in [0.25, 0.3) is 5.91 Å². The van der Waals surface area contributed by atoms with E-state index < -0.39 is 45.9 Å². The van der Waals surface area contributed by atoms with E-state index in [1.54, 1.807) is 4.90 Å². The van der Waals surface area contributed by atoms with Gasteiger partial charge in [-0.3, -0.25) is 9.59 Å². The van der Waals surface area contributed by atoms with Gasteiger partial charge in [0.1, 0.15) is 5.82 Å². The van der Waals surface area contributed by atoms with Crippen LogP contribution in [0, 0.1) is 11.7 Å². The van der Waals surface area contributed by atoms with Gasteiger partial charge in [-0.2, -0.15) is 17.9 Å². The minimum absolute atomic E-state index is 0.0109. The van der Waals surface area contributed by atoms with Gasteiger partial charge in [0.05, 0.1) is 33.0 Å². The van der Waals surface area contributed by atoms with Crippen molar-refractivity contribution in [3.8, 4) is 0 Å². The molecule has 0 amide bonds. The van der Waals surface area contributed by atoms with Crippen LogP contribution in [0.5, 0.6) is 0 Å². The van der Waals surface area contributed by atoms with E-state index in [1.807, 2.05) is 6.92 Å². The molecule has 2 unspecified atom stereocenters. The first-order valence-electron chi connectivity index (χ1n) is 10.6. The summed E-state index contributed by atoms with van der Waals surface area (Å²) in [5, 5.41) is 13.2. The van der Waals surface area contributed by atoms with E-state index in [2.05, 4.69) is 5.10 Å². The van der Waals surface area contributed by atoms with E-state index in [9.17, 15) is 32.3 Å². The first-order valence-corrected chi connectivity index (χ1v) is 11.0. The summed E-state index contributed by atoms with van der Waals surface area (Å²) in [4.78, 5) is 26.5. The predicted octanol–water partition coefficient (Wildman–Crippen LogP) is 5.62. The molecule has 1 aliphatic heterocycles. The van der Waals surface area contributed by atoms with E-state index in [-0.39, 0.29) is 35.7 Å². The zero-order valence-corrected chi connectivity index (χ0v) is 18.7. The molecule has 3 aromatic rings. The minimum atomic E-state index is -4.85. The molecule has 2 atom stereocenters. The number of piperidine rings is 1. The molecule has 0 radical (unpaired) electrons. The van der Waals surface area contributed by atoms with Crippen LogP contribution in [-0.4, -0.2) is 39.4 Å². The lowest BCUT2D eigenvalue weighted by molar-refractivity contribution is -0.142. The summed E-state index contributed by atoms with van der Waals surface area (Å²) in [5.74, 6) is -3.25. The van der Waals surface area contributed by atoms with Gasteiger partial charge in [-0.05, 0) is 43.5 Å². The molecule has 2 heterocycles. The van der Waals surface area contributed by atoms with E-state index in [0.717, 1.165) is 16.8 Å². The molecule has 4 rings (SSSR count). The number of carbonyl (C=O) groups is 2. The highest BCUT2D eigenvalue weighted by Crippen LogP contribution is 2.38. The van der Waals surface area contributed by atoms with Gasteiger partial charge in [0, 0.05) is 12.6 Å². The zero-order valence-electron chi connectivity index (χ0n) is 17.9. The van der Waals surface area contributed by atoms with Gasteiger partial charge < -0.3 is 10.0 Å². The second-order valence-corrected chi connectivity index (χ2v) is 8.56. The molecule has 34 heavy (non-hydrogen) atoms. The number of aromatic nitrogens is 2. The molecule has 180 valence electrons. The lowest BCUT2D eigenvalue weighted by Crippen LogP contribution is -2.44. The van der Waals surface area contributed by atoms with Crippen molar-refractivity contribution in [2.24, 2.45) is 5.92 Å². The molecular weight excluding hydrogens is 478 g/mol. The number of rotatable bonds is 4. The third-order valence-corrected chi connectivity index (χ3v) is 6.49. The summed E-state index contributed by atoms with van der Waals surface area (Å²) in [7, 11) is 0. The van der Waals surface area contributed by atoms with Crippen LogP contribution in [0.15, 0.2) is 36.4 Å². The summed E-state index contributed by atoms with van der Waals surface area (Å²) in [6.45, 7) is 2.09. The average Bonchev–Trinajstić information content (AvgIpc) is 3.18. The smallest absolute Gasteiger partial charge is 0.417 e. The van der Waals surface area contributed by atoms with Crippen LogP contribution in [0.1, 0.15) is 42.1 Å². The number of carboxylic acid groups (broad SMARTS) is 1. The fourth-order valence-electron chi connectivity index (χ4n) is 4.49. The van der Waals surface area contributed by atoms with E-state index >= 15 is 0 Å². The molecule has 0 aliphatic carbocycles. The Morgan fingerprint density at radius 2 is 1.91 bits per heavy atom. The number of benzene rings is 2. The molecule has 0 spiro atoms. The largest absolute Gasteiger partial charge is 0.481 e. The molecule has 2 aromatic carbocycles. The molecular formula is C23H20ClF4N3O3. The molecule has 6 nitrogen and oxygen atoms in total. The van der Waals surface area contributed by atoms with Crippen LogP contribution in [0.4, 0.5) is 23.4 Å². The fraction of sp³-hybridized carbons (Fsp3) is 0.348. The summed E-state index contributed by atoms with van der Waals surface area (Å²) >= 11 is 6.01. The van der Waals surface area contributed by atoms with Crippen molar-refractivity contribution in [1.82, 2.24) is 9.78 Å². The van der Waals surface area contributed by atoms with Crippen molar-refractivity contribution in [3.63, 3.8) is 0 Å². The van der Waals surface area contributed by atoms with Gasteiger partial charge in [-0.25, -0.2) is 4.39 Å². The quantitative estimate of drug-likeness (QED) is 0.474. The molecule has 0 bridgehead atoms. The van der Waals surface area contributed by atoms with Gasteiger partial charge >= 0.3 is 12.1 Å². The Kier molecular flexibility index (Phi) is 6.28. The molecule has 0 saturated carbocycles. The van der Waals surface area contributed by atoms with Crippen LogP contribution < -0.4 is 4.90 Å². The van der Waals surface area contributed by atoms with E-state index in [0.29, 0.717) is 12.8 Å². The SMILES string of the molecule is CCC1CC(C(=O)O)CCN1c1nn(C(=O)c2c(Cl)cccc2C(F)(F)F)c2cccc(F)c12. The first-order chi connectivity index (χ1) is 16.0. The number of carboxylic acids is 1. The maximum atomic E-state index is 15.0. The average molecular weight is 498 g/mol. The lowest BCUT2D eigenvalue weighted by atomic mass is 9.89. The molecule has 1 aliphatic rings. The fourth-order valence-corrected chi connectivity index (χ4v) is 4.75. The van der Waals surface area contributed by atoms with Gasteiger partial charge in [-0.1, -0.05) is 30.7 Å². The first kappa shape index (κ1) is 24.0. The van der Waals surface area contributed by atoms with Crippen molar-refractivity contribution in [2.45, 2.75) is 38.4 Å². The number of alkyl halides is 3. The Labute approximate surface area is 196 Å². The predicted molar refractivity (Wildman–Crippen MR) is 118 cm³/mol. The van der Waals surface area contributed by atoms with Crippen LogP contribution >= 0.6 is 11.6 Å². The van der Waals surface area contributed by atoms with Crippen molar-refractivity contribution >= 4 is 40.2 Å². The van der Waals surface area contributed by atoms with Crippen molar-refractivity contribution in [2.75, 3.05) is 11.4 Å². The normalized spacial score (nSPS) is 18.9. The Balaban J connectivity index is 1.88. The Hall–Kier alpha value is -3.14. The molecule has 1 aromatic heterocycles. The van der Waals surface area contributed by atoms with Crippen LogP contribution in [0.2, 0.25) is 5.02 Å². The topological polar surface area (TPSA) is 75.4 Å². The lowest BCUT2D eigenvalue weighted by Gasteiger charge is -2.38. The van der Waals surface area contributed by atoms with E-state index in [4.69, 9.17) is 11.6 Å². The Bertz CT molecular complexity index is 1270. The highest BCUT2D eigenvalue weighted by Gasteiger charge is 2.38. The summed E-state index contributed by atoms with van der Waals surface area (Å²) in [5.41, 5.74) is -2.02. The monoisotopic (exact) mass is 497 g/mol. The Morgan fingerprint density at radius 3 is 2.56 bits per heavy atom. The van der Waals surface area contributed by atoms with Gasteiger partial charge in [0.2, 0.25) is 0 Å². The molecule has 1 fully saturated rings. The molecule has 11 heteroatoms. The maximum absolute atomic E-state index is 15.0. The summed E-state index contributed by atoms with van der Waals surface area (Å²) in [6, 6.07) is 6.59. The second kappa shape index (κ2) is 8.90. The zero-order chi connectivity index (χ0) is 24.8. The number of halogens is 5. The van der Waals surface area contributed by atoms with Crippen LogP contribution in [0.25, 0.3) is 10.9 Å². The van der Waals surface area contributed by atoms with Gasteiger partial charge in [0.15, 0.2) is 5.82 Å². The molecule has 1 saturated heterocycles.